The molecule has 0 atom stereocenters. The lowest BCUT2D eigenvalue weighted by molar-refractivity contribution is -0.148. The Labute approximate surface area is 98.5 Å². The largest absolute Gasteiger partial charge is 0.493 e. The molecule has 1 aromatic carbocycles. The fourth-order valence-electron chi connectivity index (χ4n) is 1.04. The topological polar surface area (TPSA) is 105 Å². The summed E-state index contributed by atoms with van der Waals surface area (Å²) in [5, 5.41) is 0. The van der Waals surface area contributed by atoms with E-state index >= 15 is 0 Å². The van der Waals surface area contributed by atoms with Crippen LogP contribution in [0.1, 0.15) is 6.42 Å². The highest BCUT2D eigenvalue weighted by molar-refractivity contribution is 5.78. The van der Waals surface area contributed by atoms with Gasteiger partial charge in [0.2, 0.25) is 0 Å². The lowest BCUT2D eigenvalue weighted by Gasteiger charge is -2.06. The van der Waals surface area contributed by atoms with Gasteiger partial charge in [-0.2, -0.15) is 0 Å². The standard InChI is InChI=1S/C11H14N2O4/c12-8-1-3-9(4-2-8)16-6-5-11(15)17-7-10(13)14/h1-4H,5-7,12H2,(H2,13,14). The molecule has 0 aromatic heterocycles. The molecule has 0 aliphatic rings. The van der Waals surface area contributed by atoms with Crippen LogP contribution < -0.4 is 16.2 Å². The van der Waals surface area contributed by atoms with Gasteiger partial charge in [0.15, 0.2) is 6.61 Å². The molecule has 1 aromatic rings. The van der Waals surface area contributed by atoms with Crippen LogP contribution in [0.25, 0.3) is 0 Å². The van der Waals surface area contributed by atoms with Gasteiger partial charge in [-0.15, -0.1) is 0 Å². The number of amides is 1. The van der Waals surface area contributed by atoms with E-state index < -0.39 is 18.5 Å². The van der Waals surface area contributed by atoms with E-state index in [1.807, 2.05) is 0 Å². The zero-order chi connectivity index (χ0) is 12.7. The van der Waals surface area contributed by atoms with Gasteiger partial charge in [-0.05, 0) is 24.3 Å². The smallest absolute Gasteiger partial charge is 0.309 e. The molecule has 0 aliphatic carbocycles. The highest BCUT2D eigenvalue weighted by Gasteiger charge is 2.05. The Morgan fingerprint density at radius 1 is 1.18 bits per heavy atom. The average molecular weight is 238 g/mol. The second kappa shape index (κ2) is 6.37. The van der Waals surface area contributed by atoms with Gasteiger partial charge in [0.25, 0.3) is 5.91 Å². The van der Waals surface area contributed by atoms with Crippen molar-refractivity contribution in [2.45, 2.75) is 6.42 Å². The minimum absolute atomic E-state index is 0.0532. The maximum atomic E-state index is 11.1. The fourth-order valence-corrected chi connectivity index (χ4v) is 1.04. The van der Waals surface area contributed by atoms with E-state index in [0.29, 0.717) is 11.4 Å². The van der Waals surface area contributed by atoms with Crippen molar-refractivity contribution < 1.29 is 19.1 Å². The van der Waals surface area contributed by atoms with Gasteiger partial charge in [-0.1, -0.05) is 0 Å². The number of anilines is 1. The molecule has 6 heteroatoms. The first kappa shape index (κ1) is 12.8. The molecule has 0 unspecified atom stereocenters. The van der Waals surface area contributed by atoms with Crippen LogP contribution in [0.4, 0.5) is 5.69 Å². The molecule has 17 heavy (non-hydrogen) atoms. The summed E-state index contributed by atoms with van der Waals surface area (Å²) in [6, 6.07) is 6.79. The summed E-state index contributed by atoms with van der Waals surface area (Å²) in [7, 11) is 0. The zero-order valence-electron chi connectivity index (χ0n) is 9.22. The second-order valence-electron chi connectivity index (χ2n) is 3.29. The molecule has 1 amide bonds. The number of nitrogens with two attached hydrogens (primary N) is 2. The first-order valence-corrected chi connectivity index (χ1v) is 5.00. The Hall–Kier alpha value is -2.24. The number of primary amides is 1. The number of esters is 1. The monoisotopic (exact) mass is 238 g/mol. The normalized spacial score (nSPS) is 9.65. The maximum Gasteiger partial charge on any atom is 0.309 e. The molecule has 92 valence electrons. The Balaban J connectivity index is 2.21. The van der Waals surface area contributed by atoms with Gasteiger partial charge in [0.05, 0.1) is 13.0 Å². The van der Waals surface area contributed by atoms with Gasteiger partial charge in [0, 0.05) is 5.69 Å². The van der Waals surface area contributed by atoms with Crippen molar-refractivity contribution >= 4 is 17.6 Å². The van der Waals surface area contributed by atoms with Crippen LogP contribution >= 0.6 is 0 Å². The van der Waals surface area contributed by atoms with E-state index in [2.05, 4.69) is 4.74 Å². The zero-order valence-corrected chi connectivity index (χ0v) is 9.22. The number of rotatable bonds is 6. The lowest BCUT2D eigenvalue weighted by atomic mass is 10.3. The summed E-state index contributed by atoms with van der Waals surface area (Å²) in [5.41, 5.74) is 11.0. The lowest BCUT2D eigenvalue weighted by Crippen LogP contribution is -2.21. The van der Waals surface area contributed by atoms with Gasteiger partial charge in [-0.25, -0.2) is 0 Å². The Bertz CT molecular complexity index is 389. The quantitative estimate of drug-likeness (QED) is 0.539. The minimum atomic E-state index is -0.683. The SMILES string of the molecule is NC(=O)COC(=O)CCOc1ccc(N)cc1. The number of carbonyl (C=O) groups excluding carboxylic acids is 2. The number of benzene rings is 1. The van der Waals surface area contributed by atoms with Crippen molar-refractivity contribution in [2.24, 2.45) is 5.73 Å². The summed E-state index contributed by atoms with van der Waals surface area (Å²) >= 11 is 0. The molecule has 0 spiro atoms. The van der Waals surface area contributed by atoms with Gasteiger partial charge in [0.1, 0.15) is 5.75 Å². The number of carbonyl (C=O) groups is 2. The first-order valence-electron chi connectivity index (χ1n) is 5.00. The third kappa shape index (κ3) is 5.41. The van der Waals surface area contributed by atoms with E-state index in [0.717, 1.165) is 0 Å². The fraction of sp³-hybridized carbons (Fsp3) is 0.273. The van der Waals surface area contributed by atoms with Crippen LogP contribution in [0.5, 0.6) is 5.75 Å². The Morgan fingerprint density at radius 2 is 1.82 bits per heavy atom. The average Bonchev–Trinajstić information content (AvgIpc) is 2.29. The first-order chi connectivity index (χ1) is 8.08. The molecule has 0 bridgehead atoms. The van der Waals surface area contributed by atoms with Crippen molar-refractivity contribution in [2.75, 3.05) is 18.9 Å². The van der Waals surface area contributed by atoms with Gasteiger partial charge in [-0.3, -0.25) is 9.59 Å². The Morgan fingerprint density at radius 3 is 2.41 bits per heavy atom. The summed E-state index contributed by atoms with van der Waals surface area (Å²) in [6.45, 7) is -0.234. The predicted octanol–water partition coefficient (Wildman–Crippen LogP) is 0.0662. The third-order valence-corrected chi connectivity index (χ3v) is 1.83. The molecule has 1 rings (SSSR count). The number of hydrogen-bond acceptors (Lipinski definition) is 5. The van der Waals surface area contributed by atoms with Crippen LogP contribution in [-0.2, 0) is 14.3 Å². The predicted molar refractivity (Wildman–Crippen MR) is 61.1 cm³/mol. The van der Waals surface area contributed by atoms with Crippen LogP contribution in [0, 0.1) is 0 Å². The van der Waals surface area contributed by atoms with Crippen molar-refractivity contribution in [1.82, 2.24) is 0 Å². The number of hydrogen-bond donors (Lipinski definition) is 2. The van der Waals surface area contributed by atoms with Crippen LogP contribution in [0.3, 0.4) is 0 Å². The highest BCUT2D eigenvalue weighted by Crippen LogP contribution is 2.13. The number of nitrogen functional groups attached to an aromatic ring is 1. The van der Waals surface area contributed by atoms with E-state index in [-0.39, 0.29) is 13.0 Å². The summed E-state index contributed by atoms with van der Waals surface area (Å²) in [4.78, 5) is 21.4. The van der Waals surface area contributed by atoms with Crippen molar-refractivity contribution in [3.05, 3.63) is 24.3 Å². The number of ether oxygens (including phenoxy) is 2. The van der Waals surface area contributed by atoms with Crippen LogP contribution in [0.15, 0.2) is 24.3 Å². The summed E-state index contributed by atoms with van der Waals surface area (Å²) in [5.74, 6) is -0.598. The van der Waals surface area contributed by atoms with Crippen molar-refractivity contribution in [1.29, 1.82) is 0 Å². The second-order valence-corrected chi connectivity index (χ2v) is 3.29. The van der Waals surface area contributed by atoms with E-state index in [4.69, 9.17) is 16.2 Å². The van der Waals surface area contributed by atoms with Gasteiger partial charge < -0.3 is 20.9 Å². The molecule has 0 saturated heterocycles. The minimum Gasteiger partial charge on any atom is -0.493 e. The van der Waals surface area contributed by atoms with Crippen LogP contribution in [0.2, 0.25) is 0 Å². The highest BCUT2D eigenvalue weighted by atomic mass is 16.5. The Kier molecular flexibility index (Phi) is 4.80. The molecule has 0 radical (unpaired) electrons. The maximum absolute atomic E-state index is 11.1. The summed E-state index contributed by atoms with van der Waals surface area (Å²) < 4.78 is 9.81. The van der Waals surface area contributed by atoms with Crippen LogP contribution in [-0.4, -0.2) is 25.1 Å². The third-order valence-electron chi connectivity index (χ3n) is 1.83. The van der Waals surface area contributed by atoms with Crippen molar-refractivity contribution in [3.8, 4) is 5.75 Å². The molecule has 0 heterocycles. The van der Waals surface area contributed by atoms with E-state index in [9.17, 15) is 9.59 Å². The van der Waals surface area contributed by atoms with Crippen molar-refractivity contribution in [3.63, 3.8) is 0 Å². The van der Waals surface area contributed by atoms with E-state index in [1.165, 1.54) is 0 Å². The molecule has 0 aliphatic heterocycles. The van der Waals surface area contributed by atoms with E-state index in [1.54, 1.807) is 24.3 Å². The summed E-state index contributed by atoms with van der Waals surface area (Å²) in [6.07, 6.45) is 0.0532. The molecule has 0 saturated carbocycles. The van der Waals surface area contributed by atoms with Gasteiger partial charge >= 0.3 is 5.97 Å². The molecule has 0 fully saturated rings. The molecular formula is C11H14N2O4. The molecule has 6 nitrogen and oxygen atoms in total. The molecular weight excluding hydrogens is 224 g/mol. The molecule has 4 N–H and O–H groups in total.